The Morgan fingerprint density at radius 3 is 2.93 bits per heavy atom. The third-order valence-electron chi connectivity index (χ3n) is 2.33. The Balaban J connectivity index is 2.20. The van der Waals surface area contributed by atoms with Crippen molar-refractivity contribution < 1.29 is 5.11 Å². The first-order chi connectivity index (χ1) is 7.31. The minimum Gasteiger partial charge on any atom is -0.396 e. The van der Waals surface area contributed by atoms with E-state index in [4.69, 9.17) is 5.11 Å². The number of aromatic nitrogens is 2. The lowest BCUT2D eigenvalue weighted by molar-refractivity contribution is 0.284. The summed E-state index contributed by atoms with van der Waals surface area (Å²) in [7, 11) is 0. The zero-order valence-corrected chi connectivity index (χ0v) is 9.92. The summed E-state index contributed by atoms with van der Waals surface area (Å²) >= 11 is 3.47. The summed E-state index contributed by atoms with van der Waals surface area (Å²) < 4.78 is 1.02. The van der Waals surface area contributed by atoms with Crippen molar-refractivity contribution >= 4 is 27.0 Å². The van der Waals surface area contributed by atoms with E-state index in [1.54, 1.807) is 0 Å². The van der Waals surface area contributed by atoms with E-state index >= 15 is 0 Å². The number of aryl methyl sites for hydroxylation is 1. The van der Waals surface area contributed by atoms with Crippen LogP contribution in [0.4, 0.5) is 0 Å². The number of unbranched alkanes of at least 4 members (excludes halogenated alkanes) is 1. The molecule has 0 saturated heterocycles. The molecule has 0 unspecified atom stereocenters. The van der Waals surface area contributed by atoms with Gasteiger partial charge in [-0.25, -0.2) is 4.98 Å². The number of aliphatic hydroxyl groups excluding tert-OH is 1. The van der Waals surface area contributed by atoms with Crippen molar-refractivity contribution in [2.75, 3.05) is 6.61 Å². The number of H-pyrrole nitrogens is 1. The minimum atomic E-state index is 0.254. The Kier molecular flexibility index (Phi) is 3.38. The Bertz CT molecular complexity index is 453. The van der Waals surface area contributed by atoms with Gasteiger partial charge in [0.2, 0.25) is 0 Å². The normalized spacial score (nSPS) is 11.1. The summed E-state index contributed by atoms with van der Waals surface area (Å²) in [5, 5.41) is 8.69. The first kappa shape index (κ1) is 10.6. The average Bonchev–Trinajstić information content (AvgIpc) is 2.63. The number of aliphatic hydroxyl groups is 1. The zero-order chi connectivity index (χ0) is 10.7. The van der Waals surface area contributed by atoms with Gasteiger partial charge in [-0.1, -0.05) is 6.07 Å². The molecule has 2 rings (SSSR count). The van der Waals surface area contributed by atoms with Crippen molar-refractivity contribution in [1.29, 1.82) is 0 Å². The van der Waals surface area contributed by atoms with Gasteiger partial charge in [0, 0.05) is 17.5 Å². The van der Waals surface area contributed by atoms with Gasteiger partial charge in [-0.05, 0) is 40.9 Å². The summed E-state index contributed by atoms with van der Waals surface area (Å²) in [5.74, 6) is 0.991. The van der Waals surface area contributed by atoms with E-state index in [9.17, 15) is 0 Å². The summed E-state index contributed by atoms with van der Waals surface area (Å²) in [6.07, 6.45) is 2.69. The van der Waals surface area contributed by atoms with Crippen LogP contribution in [-0.4, -0.2) is 21.7 Å². The molecule has 0 fully saturated rings. The van der Waals surface area contributed by atoms with Crippen LogP contribution in [0.2, 0.25) is 0 Å². The summed E-state index contributed by atoms with van der Waals surface area (Å²) in [4.78, 5) is 7.77. The maximum absolute atomic E-state index is 8.69. The molecule has 0 aliphatic carbocycles. The molecule has 80 valence electrons. The van der Waals surface area contributed by atoms with Gasteiger partial charge >= 0.3 is 0 Å². The highest BCUT2D eigenvalue weighted by molar-refractivity contribution is 9.10. The van der Waals surface area contributed by atoms with Crippen molar-refractivity contribution in [2.45, 2.75) is 19.3 Å². The van der Waals surface area contributed by atoms with Crippen molar-refractivity contribution in [3.8, 4) is 0 Å². The van der Waals surface area contributed by atoms with Crippen LogP contribution in [-0.2, 0) is 6.42 Å². The molecule has 0 saturated carbocycles. The molecule has 0 amide bonds. The number of nitrogens with zero attached hydrogens (tertiary/aromatic N) is 1. The molecule has 0 atom stereocenters. The lowest BCUT2D eigenvalue weighted by Crippen LogP contribution is -1.90. The number of halogens is 1. The van der Waals surface area contributed by atoms with Gasteiger partial charge in [-0.2, -0.15) is 0 Å². The highest BCUT2D eigenvalue weighted by Gasteiger charge is 2.04. The number of hydrogen-bond acceptors (Lipinski definition) is 2. The van der Waals surface area contributed by atoms with Gasteiger partial charge in [0.15, 0.2) is 0 Å². The number of nitrogens with one attached hydrogen (secondary N) is 1. The van der Waals surface area contributed by atoms with Crippen LogP contribution < -0.4 is 0 Å². The SMILES string of the molecule is OCCCCc1nc2c(Br)cccc2[nH]1. The zero-order valence-electron chi connectivity index (χ0n) is 8.33. The second-order valence-corrected chi connectivity index (χ2v) is 4.35. The fraction of sp³-hybridized carbons (Fsp3) is 0.364. The standard InChI is InChI=1S/C11H13BrN2O/c12-8-4-3-5-9-11(8)14-10(13-9)6-1-2-7-15/h3-5,15H,1-2,6-7H2,(H,13,14). The third kappa shape index (κ3) is 2.38. The van der Waals surface area contributed by atoms with Crippen molar-refractivity contribution in [3.63, 3.8) is 0 Å². The average molecular weight is 269 g/mol. The number of aromatic amines is 1. The van der Waals surface area contributed by atoms with E-state index in [2.05, 4.69) is 25.9 Å². The molecular formula is C11H13BrN2O. The topological polar surface area (TPSA) is 48.9 Å². The molecule has 3 nitrogen and oxygen atoms in total. The van der Waals surface area contributed by atoms with Crippen LogP contribution >= 0.6 is 15.9 Å². The predicted molar refractivity (Wildman–Crippen MR) is 63.8 cm³/mol. The van der Waals surface area contributed by atoms with Gasteiger partial charge in [0.1, 0.15) is 11.3 Å². The molecule has 1 aromatic carbocycles. The molecular weight excluding hydrogens is 256 g/mol. The molecule has 2 aromatic rings. The summed E-state index contributed by atoms with van der Waals surface area (Å²) in [6.45, 7) is 0.254. The minimum absolute atomic E-state index is 0.254. The fourth-order valence-corrected chi connectivity index (χ4v) is 2.03. The van der Waals surface area contributed by atoms with Crippen LogP contribution in [0.3, 0.4) is 0 Å². The number of fused-ring (bicyclic) bond motifs is 1. The Labute approximate surface area is 96.7 Å². The van der Waals surface area contributed by atoms with Crippen LogP contribution in [0.5, 0.6) is 0 Å². The van der Waals surface area contributed by atoms with Crippen molar-refractivity contribution in [2.24, 2.45) is 0 Å². The van der Waals surface area contributed by atoms with Gasteiger partial charge in [0.05, 0.1) is 5.52 Å². The van der Waals surface area contributed by atoms with E-state index in [1.807, 2.05) is 18.2 Å². The third-order valence-corrected chi connectivity index (χ3v) is 2.97. The molecule has 2 N–H and O–H groups in total. The summed E-state index contributed by atoms with van der Waals surface area (Å²) in [6, 6.07) is 5.99. The van der Waals surface area contributed by atoms with E-state index in [1.165, 1.54) is 0 Å². The predicted octanol–water partition coefficient (Wildman–Crippen LogP) is 2.64. The molecule has 0 bridgehead atoms. The molecule has 0 aliphatic rings. The van der Waals surface area contributed by atoms with Gasteiger partial charge in [-0.15, -0.1) is 0 Å². The first-order valence-corrected chi connectivity index (χ1v) is 5.84. The van der Waals surface area contributed by atoms with Crippen LogP contribution in [0.15, 0.2) is 22.7 Å². The first-order valence-electron chi connectivity index (χ1n) is 5.05. The molecule has 1 heterocycles. The number of rotatable bonds is 4. The lowest BCUT2D eigenvalue weighted by atomic mass is 10.2. The lowest BCUT2D eigenvalue weighted by Gasteiger charge is -1.93. The van der Waals surface area contributed by atoms with Crippen LogP contribution in [0, 0.1) is 0 Å². The number of hydrogen-bond donors (Lipinski definition) is 2. The van der Waals surface area contributed by atoms with E-state index < -0.39 is 0 Å². The van der Waals surface area contributed by atoms with Crippen molar-refractivity contribution in [1.82, 2.24) is 9.97 Å². The molecule has 0 aliphatic heterocycles. The second kappa shape index (κ2) is 4.77. The fourth-order valence-electron chi connectivity index (χ4n) is 1.57. The number of para-hydroxylation sites is 1. The Morgan fingerprint density at radius 1 is 1.33 bits per heavy atom. The molecule has 0 spiro atoms. The monoisotopic (exact) mass is 268 g/mol. The van der Waals surface area contributed by atoms with Crippen LogP contribution in [0.1, 0.15) is 18.7 Å². The molecule has 0 radical (unpaired) electrons. The number of benzene rings is 1. The van der Waals surface area contributed by atoms with Crippen LogP contribution in [0.25, 0.3) is 11.0 Å². The highest BCUT2D eigenvalue weighted by atomic mass is 79.9. The molecule has 4 heteroatoms. The van der Waals surface area contributed by atoms with Gasteiger partial charge in [0.25, 0.3) is 0 Å². The largest absolute Gasteiger partial charge is 0.396 e. The Morgan fingerprint density at radius 2 is 2.20 bits per heavy atom. The van der Waals surface area contributed by atoms with Gasteiger partial charge < -0.3 is 10.1 Å². The Hall–Kier alpha value is -0.870. The van der Waals surface area contributed by atoms with E-state index in [-0.39, 0.29) is 6.61 Å². The second-order valence-electron chi connectivity index (χ2n) is 3.50. The van der Waals surface area contributed by atoms with E-state index in [0.717, 1.165) is 40.6 Å². The summed E-state index contributed by atoms with van der Waals surface area (Å²) in [5.41, 5.74) is 2.04. The highest BCUT2D eigenvalue weighted by Crippen LogP contribution is 2.21. The molecule has 1 aromatic heterocycles. The number of imidazole rings is 1. The van der Waals surface area contributed by atoms with Crippen molar-refractivity contribution in [3.05, 3.63) is 28.5 Å². The maximum Gasteiger partial charge on any atom is 0.107 e. The molecule has 15 heavy (non-hydrogen) atoms. The van der Waals surface area contributed by atoms with E-state index in [0.29, 0.717) is 0 Å². The van der Waals surface area contributed by atoms with Gasteiger partial charge in [-0.3, -0.25) is 0 Å². The smallest absolute Gasteiger partial charge is 0.107 e. The maximum atomic E-state index is 8.69. The quantitative estimate of drug-likeness (QED) is 0.838.